The lowest BCUT2D eigenvalue weighted by Gasteiger charge is -2.26. The van der Waals surface area contributed by atoms with Crippen LogP contribution in [0, 0.1) is 0 Å². The molecule has 0 spiro atoms. The number of unbranched alkanes of at least 4 members (excludes halogenated alkanes) is 5. The van der Waals surface area contributed by atoms with Gasteiger partial charge in [0.1, 0.15) is 11.5 Å². The first-order chi connectivity index (χ1) is 16.4. The van der Waals surface area contributed by atoms with E-state index >= 15 is 0 Å². The van der Waals surface area contributed by atoms with Crippen molar-refractivity contribution in [3.05, 3.63) is 21.1 Å². The number of halogens is 2. The molecule has 0 radical (unpaired) electrons. The van der Waals surface area contributed by atoms with Crippen molar-refractivity contribution < 1.29 is 9.47 Å². The van der Waals surface area contributed by atoms with Crippen LogP contribution < -0.4 is 19.8 Å². The molecule has 1 heterocycles. The molecule has 0 aliphatic carbocycles. The molecule has 0 unspecified atom stereocenters. The minimum atomic E-state index is -1.76. The standard InChI is InChI=1S/C28H43Br2NO2Si2/c1-10-11-12-13-14-15-16-31-23-19(17-21(29)25(32-2)27(23)34(4,5)6)20-18-22(30)26(33-3)28(24(20)31)35(7,8)9/h17-18H,10-16H2,1-9H3. The highest BCUT2D eigenvalue weighted by atomic mass is 79.9. The predicted molar refractivity (Wildman–Crippen MR) is 167 cm³/mol. The number of rotatable bonds is 11. The Hall–Kier alpha value is -0.766. The molecule has 0 aliphatic rings. The topological polar surface area (TPSA) is 23.4 Å². The van der Waals surface area contributed by atoms with Crippen molar-refractivity contribution in [3.8, 4) is 11.5 Å². The molecule has 7 heteroatoms. The number of methoxy groups -OCH3 is 2. The molecule has 0 atom stereocenters. The molecule has 3 rings (SSSR count). The summed E-state index contributed by atoms with van der Waals surface area (Å²) in [6.07, 6.45) is 7.74. The van der Waals surface area contributed by atoms with Crippen LogP contribution >= 0.6 is 31.9 Å². The lowest BCUT2D eigenvalue weighted by atomic mass is 10.1. The third kappa shape index (κ3) is 5.73. The zero-order chi connectivity index (χ0) is 26.1. The first-order valence-electron chi connectivity index (χ1n) is 13.0. The van der Waals surface area contributed by atoms with Gasteiger partial charge >= 0.3 is 0 Å². The molecular formula is C28H43Br2NO2Si2. The van der Waals surface area contributed by atoms with Crippen molar-refractivity contribution in [2.24, 2.45) is 0 Å². The Balaban J connectivity index is 2.45. The van der Waals surface area contributed by atoms with Gasteiger partial charge < -0.3 is 14.0 Å². The molecule has 0 saturated heterocycles. The molecule has 0 amide bonds. The summed E-state index contributed by atoms with van der Waals surface area (Å²) < 4.78 is 16.8. The second-order valence-electron chi connectivity index (χ2n) is 11.7. The van der Waals surface area contributed by atoms with Crippen molar-refractivity contribution >= 4 is 80.2 Å². The highest BCUT2D eigenvalue weighted by Gasteiger charge is 2.33. The number of nitrogens with zero attached hydrogens (tertiary/aromatic N) is 1. The zero-order valence-electron chi connectivity index (χ0n) is 23.1. The van der Waals surface area contributed by atoms with Crippen molar-refractivity contribution in [3.63, 3.8) is 0 Å². The average molecular weight is 642 g/mol. The van der Waals surface area contributed by atoms with E-state index in [0.717, 1.165) is 27.0 Å². The Morgan fingerprint density at radius 1 is 0.686 bits per heavy atom. The molecule has 194 valence electrons. The van der Waals surface area contributed by atoms with Crippen LogP contribution in [0.4, 0.5) is 0 Å². The third-order valence-corrected chi connectivity index (χ3v) is 12.0. The Morgan fingerprint density at radius 2 is 1.09 bits per heavy atom. The molecule has 3 nitrogen and oxygen atoms in total. The maximum absolute atomic E-state index is 6.05. The molecule has 1 aromatic heterocycles. The number of fused-ring (bicyclic) bond motifs is 3. The van der Waals surface area contributed by atoms with Crippen LogP contribution in [0.2, 0.25) is 39.3 Å². The van der Waals surface area contributed by atoms with Gasteiger partial charge in [-0.3, -0.25) is 0 Å². The highest BCUT2D eigenvalue weighted by Crippen LogP contribution is 2.40. The van der Waals surface area contributed by atoms with E-state index in [1.54, 1.807) is 0 Å². The van der Waals surface area contributed by atoms with Gasteiger partial charge in [0, 0.05) is 27.7 Å². The van der Waals surface area contributed by atoms with Gasteiger partial charge in [-0.25, -0.2) is 0 Å². The lowest BCUT2D eigenvalue weighted by Crippen LogP contribution is -2.41. The smallest absolute Gasteiger partial charge is 0.134 e. The summed E-state index contributed by atoms with van der Waals surface area (Å²) in [5.41, 5.74) is 2.74. The van der Waals surface area contributed by atoms with Gasteiger partial charge in [-0.05, 0) is 50.4 Å². The summed E-state index contributed by atoms with van der Waals surface area (Å²) >= 11 is 7.74. The van der Waals surface area contributed by atoms with Crippen LogP contribution in [-0.2, 0) is 6.54 Å². The zero-order valence-corrected chi connectivity index (χ0v) is 28.3. The van der Waals surface area contributed by atoms with Crippen LogP contribution in [0.5, 0.6) is 11.5 Å². The largest absolute Gasteiger partial charge is 0.496 e. The van der Waals surface area contributed by atoms with Crippen molar-refractivity contribution in [2.45, 2.75) is 91.3 Å². The Bertz CT molecular complexity index is 1120. The number of aromatic nitrogens is 1. The number of benzene rings is 2. The molecule has 3 aromatic rings. The van der Waals surface area contributed by atoms with Gasteiger partial charge in [-0.2, -0.15) is 0 Å². The lowest BCUT2D eigenvalue weighted by molar-refractivity contribution is 0.415. The highest BCUT2D eigenvalue weighted by molar-refractivity contribution is 9.11. The predicted octanol–water partition coefficient (Wildman–Crippen LogP) is 8.79. The van der Waals surface area contributed by atoms with E-state index in [9.17, 15) is 0 Å². The van der Waals surface area contributed by atoms with Crippen molar-refractivity contribution in [1.82, 2.24) is 4.57 Å². The average Bonchev–Trinajstić information content (AvgIpc) is 3.04. The number of aryl methyl sites for hydroxylation is 1. The van der Waals surface area contributed by atoms with E-state index < -0.39 is 16.1 Å². The fourth-order valence-electron chi connectivity index (χ4n) is 5.39. The SMILES string of the molecule is CCCCCCCCn1c2c([Si](C)(C)C)c(OC)c(Br)cc2c2cc(Br)c(OC)c([Si](C)(C)C)c21. The van der Waals surface area contributed by atoms with Crippen LogP contribution in [0.3, 0.4) is 0 Å². The summed E-state index contributed by atoms with van der Waals surface area (Å²) in [4.78, 5) is 0. The van der Waals surface area contributed by atoms with Gasteiger partial charge in [0.2, 0.25) is 0 Å². The number of hydrogen-bond donors (Lipinski definition) is 0. The Kier molecular flexibility index (Phi) is 9.31. The van der Waals surface area contributed by atoms with E-state index in [1.807, 2.05) is 14.2 Å². The summed E-state index contributed by atoms with van der Waals surface area (Å²) in [5, 5.41) is 5.45. The maximum atomic E-state index is 6.05. The molecule has 35 heavy (non-hydrogen) atoms. The van der Waals surface area contributed by atoms with E-state index in [1.165, 1.54) is 70.7 Å². The summed E-state index contributed by atoms with van der Waals surface area (Å²) in [5.74, 6) is 2.01. The van der Waals surface area contributed by atoms with Gasteiger partial charge in [0.05, 0.1) is 50.3 Å². The van der Waals surface area contributed by atoms with E-state index in [2.05, 4.69) is 94.8 Å². The quantitative estimate of drug-likeness (QED) is 0.154. The first-order valence-corrected chi connectivity index (χ1v) is 21.6. The second kappa shape index (κ2) is 11.3. The normalized spacial score (nSPS) is 12.7. The Labute approximate surface area is 231 Å². The first kappa shape index (κ1) is 28.8. The van der Waals surface area contributed by atoms with Gasteiger partial charge in [-0.15, -0.1) is 0 Å². The number of hydrogen-bond acceptors (Lipinski definition) is 2. The monoisotopic (exact) mass is 639 g/mol. The minimum Gasteiger partial charge on any atom is -0.496 e. The van der Waals surface area contributed by atoms with Crippen molar-refractivity contribution in [1.29, 1.82) is 0 Å². The van der Waals surface area contributed by atoms with Crippen LogP contribution in [0.25, 0.3) is 21.8 Å². The molecule has 0 aliphatic heterocycles. The van der Waals surface area contributed by atoms with Gasteiger partial charge in [0.15, 0.2) is 0 Å². The summed E-state index contributed by atoms with van der Waals surface area (Å²) in [6.45, 7) is 17.9. The van der Waals surface area contributed by atoms with E-state index in [0.29, 0.717) is 0 Å². The van der Waals surface area contributed by atoms with Crippen LogP contribution in [-0.4, -0.2) is 34.9 Å². The Morgan fingerprint density at radius 3 is 1.46 bits per heavy atom. The maximum Gasteiger partial charge on any atom is 0.134 e. The van der Waals surface area contributed by atoms with E-state index in [-0.39, 0.29) is 0 Å². The van der Waals surface area contributed by atoms with Gasteiger partial charge in [-0.1, -0.05) is 78.3 Å². The summed E-state index contributed by atoms with van der Waals surface area (Å²) in [6, 6.07) is 4.57. The fourth-order valence-corrected chi connectivity index (χ4v) is 10.7. The molecule has 0 bridgehead atoms. The van der Waals surface area contributed by atoms with E-state index in [4.69, 9.17) is 9.47 Å². The number of ether oxygens (including phenoxy) is 2. The van der Waals surface area contributed by atoms with Crippen molar-refractivity contribution in [2.75, 3.05) is 14.2 Å². The molecule has 2 aromatic carbocycles. The molecule has 0 fully saturated rings. The third-order valence-electron chi connectivity index (χ3n) is 6.89. The van der Waals surface area contributed by atoms with Crippen LogP contribution in [0.15, 0.2) is 21.1 Å². The summed E-state index contributed by atoms with van der Waals surface area (Å²) in [7, 11) is 0.0972. The fraction of sp³-hybridized carbons (Fsp3) is 0.571. The molecule has 0 saturated carbocycles. The van der Waals surface area contributed by atoms with Gasteiger partial charge in [0.25, 0.3) is 0 Å². The van der Waals surface area contributed by atoms with Crippen LogP contribution in [0.1, 0.15) is 45.4 Å². The molecular weight excluding hydrogens is 598 g/mol. The molecule has 0 N–H and O–H groups in total. The second-order valence-corrected chi connectivity index (χ2v) is 23.5. The minimum absolute atomic E-state index is 1.00.